The molecule has 0 spiro atoms. The highest BCUT2D eigenvalue weighted by Crippen LogP contribution is 2.34. The van der Waals surface area contributed by atoms with Gasteiger partial charge in [0.15, 0.2) is 0 Å². The van der Waals surface area contributed by atoms with E-state index < -0.39 is 0 Å². The summed E-state index contributed by atoms with van der Waals surface area (Å²) in [5, 5.41) is 4.81. The molecule has 6 nitrogen and oxygen atoms in total. The van der Waals surface area contributed by atoms with Crippen molar-refractivity contribution in [3.63, 3.8) is 0 Å². The van der Waals surface area contributed by atoms with Crippen molar-refractivity contribution in [2.24, 2.45) is 11.8 Å². The van der Waals surface area contributed by atoms with Gasteiger partial charge < -0.3 is 4.90 Å². The first-order valence-electron chi connectivity index (χ1n) is 12.5. The quantitative estimate of drug-likeness (QED) is 0.647. The summed E-state index contributed by atoms with van der Waals surface area (Å²) in [5.41, 5.74) is 6.93. The Hall–Kier alpha value is -2.99. The number of allylic oxidation sites excluding steroid dienone is 5. The molecule has 0 bridgehead atoms. The van der Waals surface area contributed by atoms with Crippen molar-refractivity contribution in [2.75, 3.05) is 13.1 Å². The first-order valence-corrected chi connectivity index (χ1v) is 12.5. The summed E-state index contributed by atoms with van der Waals surface area (Å²) in [6.45, 7) is 12.9. The number of likely N-dealkylation sites (tertiary alicyclic amines) is 1. The maximum Gasteiger partial charge on any atom is 0.255 e. The molecule has 5 rings (SSSR count). The van der Waals surface area contributed by atoms with Gasteiger partial charge in [-0.05, 0) is 95.2 Å². The van der Waals surface area contributed by atoms with Crippen LogP contribution in [0.1, 0.15) is 57.1 Å². The summed E-state index contributed by atoms with van der Waals surface area (Å²) >= 11 is 0. The molecular weight excluding hydrogens is 422 g/mol. The lowest BCUT2D eigenvalue weighted by atomic mass is 9.87. The summed E-state index contributed by atoms with van der Waals surface area (Å²) in [7, 11) is 0. The molecule has 0 aromatic carbocycles. The number of aromatic nitrogens is 3. The number of hydrogen-bond donors (Lipinski definition) is 0. The predicted octanol–water partition coefficient (Wildman–Crippen LogP) is 5.06. The molecule has 1 amide bonds. The number of hydrogen-bond acceptors (Lipinski definition) is 4. The van der Waals surface area contributed by atoms with E-state index in [1.807, 2.05) is 29.5 Å². The topological polar surface area (TPSA) is 53.7 Å². The van der Waals surface area contributed by atoms with E-state index in [1.165, 1.54) is 5.57 Å². The van der Waals surface area contributed by atoms with Crippen molar-refractivity contribution >= 4 is 17.0 Å². The Bertz CT molecular complexity index is 1240. The Kier molecular flexibility index (Phi) is 6.02. The third-order valence-electron chi connectivity index (χ3n) is 7.52. The van der Waals surface area contributed by atoms with Gasteiger partial charge in [0, 0.05) is 24.0 Å². The number of rotatable bonds is 3. The van der Waals surface area contributed by atoms with Crippen molar-refractivity contribution < 1.29 is 4.79 Å². The maximum atomic E-state index is 13.5. The molecule has 34 heavy (non-hydrogen) atoms. The summed E-state index contributed by atoms with van der Waals surface area (Å²) in [6, 6.07) is 2.65. The summed E-state index contributed by atoms with van der Waals surface area (Å²) < 4.78 is 1.89. The zero-order chi connectivity index (χ0) is 24.0. The minimum atomic E-state index is -0.00245. The lowest BCUT2D eigenvalue weighted by molar-refractivity contribution is -0.122. The van der Waals surface area contributed by atoms with E-state index in [4.69, 9.17) is 5.10 Å². The van der Waals surface area contributed by atoms with E-state index in [-0.39, 0.29) is 11.8 Å². The number of amides is 1. The maximum absolute atomic E-state index is 13.5. The van der Waals surface area contributed by atoms with Crippen LogP contribution in [0, 0.1) is 25.7 Å². The second kappa shape index (κ2) is 8.99. The first kappa shape index (κ1) is 22.8. The smallest absolute Gasteiger partial charge is 0.255 e. The SMILES string of the molecule is Cc1cn2nc(C3=CC(=O)N4C=C(C5CCN(C(C)C)CC5)C=CC4=CCC3C)cc2c(C)n1. The van der Waals surface area contributed by atoms with Gasteiger partial charge in [-0.15, -0.1) is 0 Å². The molecule has 1 fully saturated rings. The lowest BCUT2D eigenvalue weighted by Gasteiger charge is -2.36. The summed E-state index contributed by atoms with van der Waals surface area (Å²) in [6.07, 6.45) is 15.5. The van der Waals surface area contributed by atoms with Gasteiger partial charge in [-0.3, -0.25) is 14.7 Å². The van der Waals surface area contributed by atoms with Gasteiger partial charge in [0.25, 0.3) is 5.91 Å². The number of carbonyl (C=O) groups is 1. The van der Waals surface area contributed by atoms with Gasteiger partial charge in [0.1, 0.15) is 0 Å². The fraction of sp³-hybridized carbons (Fsp3) is 0.464. The average molecular weight is 458 g/mol. The van der Waals surface area contributed by atoms with Crippen molar-refractivity contribution in [2.45, 2.75) is 59.9 Å². The van der Waals surface area contributed by atoms with Crippen molar-refractivity contribution in [1.29, 1.82) is 0 Å². The lowest BCUT2D eigenvalue weighted by Crippen LogP contribution is -2.39. The minimum Gasteiger partial charge on any atom is -0.301 e. The molecule has 3 aliphatic heterocycles. The Morgan fingerprint density at radius 3 is 2.62 bits per heavy atom. The Morgan fingerprint density at radius 1 is 1.12 bits per heavy atom. The molecule has 0 saturated carbocycles. The highest BCUT2D eigenvalue weighted by atomic mass is 16.2. The van der Waals surface area contributed by atoms with Crippen LogP contribution < -0.4 is 0 Å². The second-order valence-corrected chi connectivity index (χ2v) is 10.3. The van der Waals surface area contributed by atoms with E-state index in [1.54, 1.807) is 6.08 Å². The molecular formula is C28H35N5O. The molecule has 1 unspecified atom stereocenters. The van der Waals surface area contributed by atoms with Crippen LogP contribution in [-0.2, 0) is 4.79 Å². The van der Waals surface area contributed by atoms with Crippen LogP contribution in [0.15, 0.2) is 54.0 Å². The van der Waals surface area contributed by atoms with Crippen molar-refractivity contribution in [3.8, 4) is 0 Å². The molecule has 178 valence electrons. The Morgan fingerprint density at radius 2 is 1.88 bits per heavy atom. The van der Waals surface area contributed by atoms with Crippen LogP contribution in [0.25, 0.3) is 11.1 Å². The van der Waals surface area contributed by atoms with Crippen molar-refractivity contribution in [3.05, 3.63) is 71.1 Å². The molecule has 6 heteroatoms. The van der Waals surface area contributed by atoms with Crippen LogP contribution >= 0.6 is 0 Å². The standard InChI is InChI=1S/C28H35N5O/c1-18(2)31-12-10-22(11-13-31)23-7-9-24-8-6-19(3)25(14-28(34)32(24)17-23)26-15-27-21(5)29-20(4)16-33(27)30-26/h7-9,14-19,22H,6,10-13H2,1-5H3. The predicted molar refractivity (Wildman–Crippen MR) is 136 cm³/mol. The molecule has 1 saturated heterocycles. The van der Waals surface area contributed by atoms with Crippen LogP contribution in [0.4, 0.5) is 0 Å². The van der Waals surface area contributed by atoms with E-state index in [9.17, 15) is 4.79 Å². The number of fused-ring (bicyclic) bond motifs is 2. The van der Waals surface area contributed by atoms with Gasteiger partial charge in [-0.25, -0.2) is 4.52 Å². The van der Waals surface area contributed by atoms with Gasteiger partial charge >= 0.3 is 0 Å². The fourth-order valence-corrected chi connectivity index (χ4v) is 5.40. The van der Waals surface area contributed by atoms with E-state index in [0.29, 0.717) is 12.0 Å². The summed E-state index contributed by atoms with van der Waals surface area (Å²) in [4.78, 5) is 22.5. The second-order valence-electron chi connectivity index (χ2n) is 10.3. The van der Waals surface area contributed by atoms with Crippen LogP contribution in [0.2, 0.25) is 0 Å². The van der Waals surface area contributed by atoms with Gasteiger partial charge in [-0.1, -0.05) is 19.1 Å². The Labute approximate surface area is 202 Å². The molecule has 0 radical (unpaired) electrons. The number of nitrogens with zero attached hydrogens (tertiary/aromatic N) is 5. The highest BCUT2D eigenvalue weighted by molar-refractivity contribution is 5.98. The average Bonchev–Trinajstić information content (AvgIpc) is 3.24. The van der Waals surface area contributed by atoms with Gasteiger partial charge in [0.2, 0.25) is 0 Å². The molecule has 5 heterocycles. The molecule has 2 aromatic rings. The molecule has 0 N–H and O–H groups in total. The highest BCUT2D eigenvalue weighted by Gasteiger charge is 2.28. The van der Waals surface area contributed by atoms with Crippen LogP contribution in [-0.4, -0.2) is 49.4 Å². The monoisotopic (exact) mass is 457 g/mol. The van der Waals surface area contributed by atoms with E-state index in [2.05, 4.69) is 61.1 Å². The van der Waals surface area contributed by atoms with Gasteiger partial charge in [0.05, 0.1) is 28.8 Å². The number of aryl methyl sites for hydroxylation is 2. The minimum absolute atomic E-state index is 0.00245. The molecule has 2 aromatic heterocycles. The largest absolute Gasteiger partial charge is 0.301 e. The zero-order valence-electron chi connectivity index (χ0n) is 21.0. The normalized spacial score (nSPS) is 22.4. The summed E-state index contributed by atoms with van der Waals surface area (Å²) in [5.74, 6) is 0.694. The molecule has 1 atom stereocenters. The van der Waals surface area contributed by atoms with E-state index in [0.717, 1.165) is 66.2 Å². The number of carbonyl (C=O) groups excluding carboxylic acids is 1. The van der Waals surface area contributed by atoms with E-state index >= 15 is 0 Å². The number of piperidine rings is 1. The fourth-order valence-electron chi connectivity index (χ4n) is 5.40. The Balaban J connectivity index is 1.43. The first-order chi connectivity index (χ1) is 16.3. The van der Waals surface area contributed by atoms with Crippen LogP contribution in [0.3, 0.4) is 0 Å². The zero-order valence-corrected chi connectivity index (χ0v) is 21.0. The third kappa shape index (κ3) is 4.27. The molecule has 0 aliphatic carbocycles. The molecule has 3 aliphatic rings. The third-order valence-corrected chi connectivity index (χ3v) is 7.52. The van der Waals surface area contributed by atoms with Gasteiger partial charge in [-0.2, -0.15) is 5.10 Å². The van der Waals surface area contributed by atoms with Crippen molar-refractivity contribution in [1.82, 2.24) is 24.4 Å². The van der Waals surface area contributed by atoms with Crippen LogP contribution in [0.5, 0.6) is 0 Å².